The second kappa shape index (κ2) is 19.2. The lowest BCUT2D eigenvalue weighted by Crippen LogP contribution is -2.59. The summed E-state index contributed by atoms with van der Waals surface area (Å²) in [5.41, 5.74) is 0.763. The Balaban J connectivity index is 2.91. The number of amides is 5. The topological polar surface area (TPSA) is 209 Å². The molecule has 14 nitrogen and oxygen atoms in total. The molecule has 0 saturated carbocycles. The van der Waals surface area contributed by atoms with Crippen molar-refractivity contribution in [2.45, 2.75) is 106 Å². The molecule has 0 spiro atoms. The minimum Gasteiger partial charge on any atom is -0.480 e. The molecule has 1 aromatic carbocycles. The van der Waals surface area contributed by atoms with Crippen molar-refractivity contribution in [3.05, 3.63) is 35.9 Å². The zero-order valence-electron chi connectivity index (χ0n) is 28.7. The van der Waals surface area contributed by atoms with Crippen LogP contribution in [0.25, 0.3) is 0 Å². The van der Waals surface area contributed by atoms with E-state index in [1.165, 1.54) is 6.92 Å². The van der Waals surface area contributed by atoms with E-state index < -0.39 is 83.5 Å². The summed E-state index contributed by atoms with van der Waals surface area (Å²) in [4.78, 5) is 89.2. The normalized spacial score (nSPS) is 14.4. The van der Waals surface area contributed by atoms with E-state index in [9.17, 15) is 38.7 Å². The van der Waals surface area contributed by atoms with Crippen molar-refractivity contribution in [1.82, 2.24) is 26.6 Å². The van der Waals surface area contributed by atoms with Gasteiger partial charge in [0.2, 0.25) is 23.5 Å². The highest BCUT2D eigenvalue weighted by molar-refractivity contribution is 6.38. The van der Waals surface area contributed by atoms with Crippen molar-refractivity contribution >= 4 is 41.5 Å². The summed E-state index contributed by atoms with van der Waals surface area (Å²) >= 11 is 0. The number of benzene rings is 1. The van der Waals surface area contributed by atoms with Gasteiger partial charge in [-0.25, -0.2) is 9.59 Å². The molecule has 0 radical (unpaired) electrons. The predicted octanol–water partition coefficient (Wildman–Crippen LogP) is 1.91. The zero-order chi connectivity index (χ0) is 36.0. The fourth-order valence-corrected chi connectivity index (χ4v) is 4.47. The molecular formula is C33H51N5O9. The summed E-state index contributed by atoms with van der Waals surface area (Å²) in [7, 11) is 0. The number of nitrogens with one attached hydrogen (secondary N) is 5. The van der Waals surface area contributed by atoms with Gasteiger partial charge in [-0.1, -0.05) is 85.7 Å². The molecule has 0 heterocycles. The number of carboxylic acids is 1. The largest absolute Gasteiger partial charge is 0.480 e. The van der Waals surface area contributed by atoms with Crippen molar-refractivity contribution < 1.29 is 43.4 Å². The fourth-order valence-electron chi connectivity index (χ4n) is 4.47. The highest BCUT2D eigenvalue weighted by Gasteiger charge is 2.34. The molecule has 0 fully saturated rings. The predicted molar refractivity (Wildman–Crippen MR) is 174 cm³/mol. The van der Waals surface area contributed by atoms with Gasteiger partial charge in [0.05, 0.1) is 6.04 Å². The molecule has 0 aliphatic carbocycles. The molecular weight excluding hydrogens is 610 g/mol. The third-order valence-corrected chi connectivity index (χ3v) is 7.22. The van der Waals surface area contributed by atoms with E-state index in [0.717, 1.165) is 5.56 Å². The van der Waals surface area contributed by atoms with Crippen LogP contribution in [0.4, 0.5) is 4.79 Å². The van der Waals surface area contributed by atoms with E-state index in [0.29, 0.717) is 0 Å². The van der Waals surface area contributed by atoms with Crippen LogP contribution in [0.2, 0.25) is 0 Å². The average molecular weight is 662 g/mol. The number of aliphatic carboxylic acids is 1. The Hall–Kier alpha value is -4.49. The van der Waals surface area contributed by atoms with Crippen LogP contribution in [0.15, 0.2) is 30.3 Å². The molecule has 0 aliphatic heterocycles. The van der Waals surface area contributed by atoms with Crippen LogP contribution >= 0.6 is 0 Å². The Morgan fingerprint density at radius 2 is 1.13 bits per heavy atom. The molecule has 0 aromatic heterocycles. The molecule has 0 bridgehead atoms. The summed E-state index contributed by atoms with van der Waals surface area (Å²) in [6.45, 7) is 14.9. The molecule has 0 saturated heterocycles. The maximum absolute atomic E-state index is 13.2. The van der Waals surface area contributed by atoms with Gasteiger partial charge in [-0.05, 0) is 42.6 Å². The molecule has 5 amide bonds. The molecule has 6 N–H and O–H groups in total. The molecule has 14 heteroatoms. The second-order valence-corrected chi connectivity index (χ2v) is 13.0. The van der Waals surface area contributed by atoms with E-state index in [-0.39, 0.29) is 24.9 Å². The Labute approximate surface area is 276 Å². The lowest BCUT2D eigenvalue weighted by Gasteiger charge is -2.28. The van der Waals surface area contributed by atoms with E-state index in [1.807, 2.05) is 6.07 Å². The third-order valence-electron chi connectivity index (χ3n) is 7.22. The van der Waals surface area contributed by atoms with Crippen LogP contribution in [-0.2, 0) is 40.1 Å². The van der Waals surface area contributed by atoms with Gasteiger partial charge in [-0.2, -0.15) is 0 Å². The highest BCUT2D eigenvalue weighted by Crippen LogP contribution is 2.10. The first-order valence-corrected chi connectivity index (χ1v) is 15.8. The quantitative estimate of drug-likeness (QED) is 0.127. The number of carbonyl (C=O) groups is 7. The van der Waals surface area contributed by atoms with Crippen LogP contribution in [-0.4, -0.2) is 76.8 Å². The van der Waals surface area contributed by atoms with Gasteiger partial charge in [0.15, 0.2) is 0 Å². The molecule has 0 aliphatic rings. The average Bonchev–Trinajstić information content (AvgIpc) is 2.98. The number of carbonyl (C=O) groups excluding carboxylic acids is 6. The highest BCUT2D eigenvalue weighted by atomic mass is 16.5. The van der Waals surface area contributed by atoms with Crippen molar-refractivity contribution in [1.29, 1.82) is 0 Å². The molecule has 5 atom stereocenters. The van der Waals surface area contributed by atoms with Crippen LogP contribution in [0, 0.1) is 23.7 Å². The number of hydrogen-bond acceptors (Lipinski definition) is 8. The number of rotatable bonds is 18. The summed E-state index contributed by atoms with van der Waals surface area (Å²) in [6.07, 6.45) is -0.687. The zero-order valence-corrected chi connectivity index (χ0v) is 28.7. The summed E-state index contributed by atoms with van der Waals surface area (Å²) < 4.78 is 5.23. The Bertz CT molecular complexity index is 1250. The van der Waals surface area contributed by atoms with Gasteiger partial charge >= 0.3 is 12.1 Å². The first kappa shape index (κ1) is 40.5. The van der Waals surface area contributed by atoms with Crippen LogP contribution < -0.4 is 26.6 Å². The lowest BCUT2D eigenvalue weighted by atomic mass is 9.99. The lowest BCUT2D eigenvalue weighted by molar-refractivity contribution is -0.144. The molecule has 0 unspecified atom stereocenters. The number of ether oxygens (including phenoxy) is 1. The Morgan fingerprint density at radius 3 is 1.62 bits per heavy atom. The third kappa shape index (κ3) is 13.8. The first-order valence-electron chi connectivity index (χ1n) is 15.8. The Morgan fingerprint density at radius 1 is 0.638 bits per heavy atom. The summed E-state index contributed by atoms with van der Waals surface area (Å²) in [5, 5.41) is 21.8. The van der Waals surface area contributed by atoms with Crippen LogP contribution in [0.1, 0.15) is 74.3 Å². The standard InChI is InChI=1S/C33H51N5O9/c1-17(2)15-23(28(40)37-26(20(7)8)32(44)45)35-31(43)27(39)21(9)34-29(41)24(18(3)4)36-30(42)25(19(5)6)38-33(46)47-16-22-13-11-10-12-14-22/h10-14,17-21,23-26H,15-16H2,1-9H3,(H,34,41)(H,35,43)(H,36,42)(H,37,40)(H,38,46)(H,44,45)/t21-,23+,24-,25-,26-/m0/s1. The molecule has 1 aromatic rings. The minimum atomic E-state index is -1.34. The van der Waals surface area contributed by atoms with Crippen LogP contribution in [0.3, 0.4) is 0 Å². The van der Waals surface area contributed by atoms with Gasteiger partial charge in [0, 0.05) is 0 Å². The summed E-state index contributed by atoms with van der Waals surface area (Å²) in [6, 6.07) is 3.09. The molecule has 262 valence electrons. The van der Waals surface area contributed by atoms with Gasteiger partial charge in [-0.15, -0.1) is 0 Å². The minimum absolute atomic E-state index is 0.000680. The van der Waals surface area contributed by atoms with Crippen molar-refractivity contribution in [3.8, 4) is 0 Å². The molecule has 1 rings (SSSR count). The van der Waals surface area contributed by atoms with Gasteiger partial charge in [0.1, 0.15) is 30.8 Å². The number of alkyl carbamates (subject to hydrolysis) is 1. The van der Waals surface area contributed by atoms with Gasteiger partial charge < -0.3 is 36.4 Å². The fraction of sp³-hybridized carbons (Fsp3) is 0.606. The SMILES string of the molecule is CC(C)C[C@@H](NC(=O)C(=O)[C@H](C)NC(=O)[C@@H](NC(=O)[C@@H](NC(=O)OCc1ccccc1)C(C)C)C(C)C)C(=O)N[C@H](C(=O)O)C(C)C. The molecule has 47 heavy (non-hydrogen) atoms. The van der Waals surface area contributed by atoms with E-state index >= 15 is 0 Å². The van der Waals surface area contributed by atoms with Crippen molar-refractivity contribution in [3.63, 3.8) is 0 Å². The van der Waals surface area contributed by atoms with E-state index in [4.69, 9.17) is 4.74 Å². The maximum Gasteiger partial charge on any atom is 0.408 e. The number of ketones is 1. The Kier molecular flexibility index (Phi) is 16.6. The summed E-state index contributed by atoms with van der Waals surface area (Å²) in [5.74, 6) is -6.91. The number of carboxylic acid groups (broad SMARTS) is 1. The van der Waals surface area contributed by atoms with Gasteiger partial charge in [0.25, 0.3) is 5.91 Å². The maximum atomic E-state index is 13.2. The van der Waals surface area contributed by atoms with Gasteiger partial charge in [-0.3, -0.25) is 24.0 Å². The number of Topliss-reactive ketones (excluding diaryl/α,β-unsaturated/α-hetero) is 1. The van der Waals surface area contributed by atoms with Crippen molar-refractivity contribution in [2.24, 2.45) is 23.7 Å². The smallest absolute Gasteiger partial charge is 0.408 e. The van der Waals surface area contributed by atoms with E-state index in [1.54, 1.807) is 79.7 Å². The second-order valence-electron chi connectivity index (χ2n) is 13.0. The van der Waals surface area contributed by atoms with E-state index in [2.05, 4.69) is 26.6 Å². The first-order chi connectivity index (χ1) is 21.8. The monoisotopic (exact) mass is 661 g/mol. The number of hydrogen-bond donors (Lipinski definition) is 6. The van der Waals surface area contributed by atoms with Crippen molar-refractivity contribution in [2.75, 3.05) is 0 Å². The van der Waals surface area contributed by atoms with Crippen LogP contribution in [0.5, 0.6) is 0 Å².